The first-order valence-electron chi connectivity index (χ1n) is 4.57. The molecule has 0 saturated carbocycles. The molecule has 0 fully saturated rings. The minimum absolute atomic E-state index is 1.11. The van der Waals surface area contributed by atoms with Gasteiger partial charge in [0.2, 0.25) is 0 Å². The highest BCUT2D eigenvalue weighted by molar-refractivity contribution is 5.51. The minimum atomic E-state index is 1.11. The standard InChI is InChI=1S/C13H20/c1-8-11(6)13(10(4)5)12(7)9(2)3/h8H,2,4H2,1,3,5-7H3/b11-8-,13-12+. The van der Waals surface area contributed by atoms with Gasteiger partial charge in [-0.05, 0) is 51.3 Å². The summed E-state index contributed by atoms with van der Waals surface area (Å²) in [5.74, 6) is 0. The molecule has 0 saturated heterocycles. The second kappa shape index (κ2) is 4.86. The lowest BCUT2D eigenvalue weighted by Gasteiger charge is -2.12. The molecule has 0 heteroatoms. The van der Waals surface area contributed by atoms with Crippen molar-refractivity contribution in [2.75, 3.05) is 0 Å². The van der Waals surface area contributed by atoms with Gasteiger partial charge in [0.25, 0.3) is 0 Å². The summed E-state index contributed by atoms with van der Waals surface area (Å²) in [6, 6.07) is 0. The van der Waals surface area contributed by atoms with Crippen molar-refractivity contribution in [3.63, 3.8) is 0 Å². The van der Waals surface area contributed by atoms with E-state index in [1.807, 2.05) is 20.8 Å². The van der Waals surface area contributed by atoms with E-state index in [4.69, 9.17) is 0 Å². The maximum Gasteiger partial charge on any atom is -0.0175 e. The fourth-order valence-corrected chi connectivity index (χ4v) is 1.31. The highest BCUT2D eigenvalue weighted by Crippen LogP contribution is 2.24. The van der Waals surface area contributed by atoms with Crippen LogP contribution in [0.4, 0.5) is 0 Å². The summed E-state index contributed by atoms with van der Waals surface area (Å²) in [5.41, 5.74) is 5.97. The molecule has 0 aromatic rings. The first-order valence-corrected chi connectivity index (χ1v) is 4.57. The van der Waals surface area contributed by atoms with E-state index in [1.165, 1.54) is 16.7 Å². The molecule has 0 aliphatic carbocycles. The van der Waals surface area contributed by atoms with E-state index in [2.05, 4.69) is 33.1 Å². The van der Waals surface area contributed by atoms with Crippen LogP contribution >= 0.6 is 0 Å². The van der Waals surface area contributed by atoms with Crippen LogP contribution in [0.2, 0.25) is 0 Å². The molecule has 0 amide bonds. The fraction of sp³-hybridized carbons (Fsp3) is 0.385. The first kappa shape index (κ1) is 12.0. The lowest BCUT2D eigenvalue weighted by atomic mass is 9.93. The summed E-state index contributed by atoms with van der Waals surface area (Å²) in [4.78, 5) is 0. The van der Waals surface area contributed by atoms with Crippen LogP contribution in [0.25, 0.3) is 0 Å². The molecular weight excluding hydrogens is 156 g/mol. The molecule has 0 radical (unpaired) electrons. The smallest absolute Gasteiger partial charge is 0.0175 e. The number of hydrogen-bond donors (Lipinski definition) is 0. The number of hydrogen-bond acceptors (Lipinski definition) is 0. The highest BCUT2D eigenvalue weighted by Gasteiger charge is 2.05. The third-order valence-corrected chi connectivity index (χ3v) is 2.27. The quantitative estimate of drug-likeness (QED) is 0.558. The van der Waals surface area contributed by atoms with Gasteiger partial charge in [0.05, 0.1) is 0 Å². The van der Waals surface area contributed by atoms with E-state index in [0.29, 0.717) is 0 Å². The molecule has 0 aliphatic rings. The van der Waals surface area contributed by atoms with Crippen molar-refractivity contribution in [1.29, 1.82) is 0 Å². The Morgan fingerprint density at radius 2 is 1.38 bits per heavy atom. The van der Waals surface area contributed by atoms with Crippen LogP contribution in [-0.2, 0) is 0 Å². The zero-order valence-corrected chi connectivity index (χ0v) is 9.49. The molecule has 0 unspecified atom stereocenters. The summed E-state index contributed by atoms with van der Waals surface area (Å²) in [7, 11) is 0. The SMILES string of the molecule is C=C(C)/C(C)=C(C(=C)C)/C(C)=C\C. The minimum Gasteiger partial charge on any atom is -0.0958 e. The van der Waals surface area contributed by atoms with Crippen molar-refractivity contribution in [1.82, 2.24) is 0 Å². The van der Waals surface area contributed by atoms with Crippen LogP contribution in [0.15, 0.2) is 47.1 Å². The molecule has 0 atom stereocenters. The average Bonchev–Trinajstić information content (AvgIpc) is 2.03. The topological polar surface area (TPSA) is 0 Å². The summed E-state index contributed by atoms with van der Waals surface area (Å²) in [5, 5.41) is 0. The van der Waals surface area contributed by atoms with Crippen molar-refractivity contribution in [2.24, 2.45) is 0 Å². The number of allylic oxidation sites excluding steroid dienone is 6. The van der Waals surface area contributed by atoms with E-state index >= 15 is 0 Å². The van der Waals surface area contributed by atoms with Crippen LogP contribution in [0, 0.1) is 0 Å². The Balaban J connectivity index is 5.38. The van der Waals surface area contributed by atoms with Crippen LogP contribution in [0.3, 0.4) is 0 Å². The van der Waals surface area contributed by atoms with Gasteiger partial charge in [-0.3, -0.25) is 0 Å². The van der Waals surface area contributed by atoms with Gasteiger partial charge in [-0.2, -0.15) is 0 Å². The Hall–Kier alpha value is -1.04. The van der Waals surface area contributed by atoms with Gasteiger partial charge in [0.1, 0.15) is 0 Å². The Bertz CT molecular complexity index is 285. The van der Waals surface area contributed by atoms with E-state index in [-0.39, 0.29) is 0 Å². The van der Waals surface area contributed by atoms with Crippen molar-refractivity contribution < 1.29 is 0 Å². The third-order valence-electron chi connectivity index (χ3n) is 2.27. The maximum atomic E-state index is 3.99. The molecule has 0 spiro atoms. The molecule has 0 N–H and O–H groups in total. The molecule has 0 aromatic carbocycles. The second-order valence-corrected chi connectivity index (χ2v) is 3.53. The Kier molecular flexibility index (Phi) is 4.47. The van der Waals surface area contributed by atoms with Gasteiger partial charge in [0.15, 0.2) is 0 Å². The van der Waals surface area contributed by atoms with Crippen molar-refractivity contribution in [2.45, 2.75) is 34.6 Å². The molecule has 0 rings (SSSR count). The predicted molar refractivity (Wildman–Crippen MR) is 61.8 cm³/mol. The summed E-state index contributed by atoms with van der Waals surface area (Å²) >= 11 is 0. The van der Waals surface area contributed by atoms with Gasteiger partial charge >= 0.3 is 0 Å². The molecule has 0 heterocycles. The highest BCUT2D eigenvalue weighted by atomic mass is 14.1. The normalized spacial score (nSPS) is 13.8. The zero-order chi connectivity index (χ0) is 10.6. The summed E-state index contributed by atoms with van der Waals surface area (Å²) < 4.78 is 0. The molecule has 0 nitrogen and oxygen atoms in total. The van der Waals surface area contributed by atoms with Crippen molar-refractivity contribution in [3.05, 3.63) is 47.1 Å². The fourth-order valence-electron chi connectivity index (χ4n) is 1.31. The van der Waals surface area contributed by atoms with Gasteiger partial charge < -0.3 is 0 Å². The molecule has 72 valence electrons. The third kappa shape index (κ3) is 3.06. The van der Waals surface area contributed by atoms with Gasteiger partial charge in [-0.15, -0.1) is 0 Å². The van der Waals surface area contributed by atoms with Crippen LogP contribution < -0.4 is 0 Å². The predicted octanol–water partition coefficient (Wildman–Crippen LogP) is 4.42. The zero-order valence-electron chi connectivity index (χ0n) is 9.49. The van der Waals surface area contributed by atoms with Gasteiger partial charge in [0, 0.05) is 0 Å². The van der Waals surface area contributed by atoms with Crippen molar-refractivity contribution >= 4 is 0 Å². The van der Waals surface area contributed by atoms with E-state index < -0.39 is 0 Å². The number of rotatable bonds is 3. The molecule has 0 bridgehead atoms. The van der Waals surface area contributed by atoms with Crippen molar-refractivity contribution in [3.8, 4) is 0 Å². The monoisotopic (exact) mass is 176 g/mol. The van der Waals surface area contributed by atoms with Gasteiger partial charge in [-0.1, -0.05) is 30.4 Å². The summed E-state index contributed by atoms with van der Waals surface area (Å²) in [6.07, 6.45) is 2.11. The Morgan fingerprint density at radius 3 is 1.62 bits per heavy atom. The molecule has 0 aliphatic heterocycles. The molecule has 0 aromatic heterocycles. The molecular formula is C13H20. The average molecular weight is 176 g/mol. The lowest BCUT2D eigenvalue weighted by molar-refractivity contribution is 1.22. The Morgan fingerprint density at radius 1 is 0.923 bits per heavy atom. The Labute approximate surface area is 82.4 Å². The van der Waals surface area contributed by atoms with E-state index in [9.17, 15) is 0 Å². The molecule has 13 heavy (non-hydrogen) atoms. The van der Waals surface area contributed by atoms with Crippen LogP contribution in [0.5, 0.6) is 0 Å². The summed E-state index contributed by atoms with van der Waals surface area (Å²) in [6.45, 7) is 18.3. The second-order valence-electron chi connectivity index (χ2n) is 3.53. The first-order chi connectivity index (χ1) is 5.91. The maximum absolute atomic E-state index is 3.99. The lowest BCUT2D eigenvalue weighted by Crippen LogP contribution is -1.93. The van der Waals surface area contributed by atoms with E-state index in [0.717, 1.165) is 11.1 Å². The van der Waals surface area contributed by atoms with Crippen LogP contribution in [0.1, 0.15) is 34.6 Å². The largest absolute Gasteiger partial charge is 0.0958 e. The van der Waals surface area contributed by atoms with E-state index in [1.54, 1.807) is 0 Å². The van der Waals surface area contributed by atoms with Crippen LogP contribution in [-0.4, -0.2) is 0 Å². The van der Waals surface area contributed by atoms with Gasteiger partial charge in [-0.25, -0.2) is 0 Å².